The first-order valence-electron chi connectivity index (χ1n) is 8.91. The Morgan fingerprint density at radius 1 is 1.12 bits per heavy atom. The molecule has 0 heterocycles. The fourth-order valence-electron chi connectivity index (χ4n) is 3.22. The maximum Gasteiger partial charge on any atom is 0.239 e. The number of nitrogens with zero attached hydrogens (tertiary/aromatic N) is 1. The molecular weight excluding hydrogens is 304 g/mol. The van der Waals surface area contributed by atoms with Gasteiger partial charge >= 0.3 is 0 Å². The van der Waals surface area contributed by atoms with Crippen LogP contribution in [0.1, 0.15) is 37.7 Å². The van der Waals surface area contributed by atoms with Crippen LogP contribution in [-0.4, -0.2) is 48.1 Å². The van der Waals surface area contributed by atoms with Crippen LogP contribution in [0, 0.1) is 5.92 Å². The average molecular weight is 332 g/mol. The van der Waals surface area contributed by atoms with E-state index in [2.05, 4.69) is 5.32 Å². The number of rotatable bonds is 8. The van der Waals surface area contributed by atoms with Crippen LogP contribution in [-0.2, 0) is 16.0 Å². The highest BCUT2D eigenvalue weighted by atomic mass is 16.3. The third-order valence-electron chi connectivity index (χ3n) is 4.55. The number of amides is 2. The summed E-state index contributed by atoms with van der Waals surface area (Å²) < 4.78 is 0. The van der Waals surface area contributed by atoms with E-state index >= 15 is 0 Å². The van der Waals surface area contributed by atoms with E-state index in [4.69, 9.17) is 0 Å². The molecule has 0 atom stereocenters. The second-order valence-corrected chi connectivity index (χ2v) is 6.40. The van der Waals surface area contributed by atoms with Crippen LogP contribution in [0.3, 0.4) is 0 Å². The van der Waals surface area contributed by atoms with Crippen molar-refractivity contribution in [1.82, 2.24) is 10.2 Å². The van der Waals surface area contributed by atoms with Gasteiger partial charge in [-0.1, -0.05) is 49.6 Å². The van der Waals surface area contributed by atoms with Crippen molar-refractivity contribution >= 4 is 11.8 Å². The molecule has 0 spiro atoms. The van der Waals surface area contributed by atoms with Gasteiger partial charge in [-0.15, -0.1) is 0 Å². The van der Waals surface area contributed by atoms with Crippen LogP contribution in [0.4, 0.5) is 0 Å². The Hall–Kier alpha value is -1.88. The van der Waals surface area contributed by atoms with E-state index in [1.54, 1.807) is 0 Å². The summed E-state index contributed by atoms with van der Waals surface area (Å²) in [5.74, 6) is -0.132. The molecular formula is C19H28N2O3. The van der Waals surface area contributed by atoms with Crippen LogP contribution in [0.25, 0.3) is 0 Å². The van der Waals surface area contributed by atoms with Gasteiger partial charge in [-0.2, -0.15) is 0 Å². The van der Waals surface area contributed by atoms with E-state index < -0.39 is 0 Å². The van der Waals surface area contributed by atoms with Crippen molar-refractivity contribution in [1.29, 1.82) is 0 Å². The molecule has 1 aromatic rings. The molecule has 2 N–H and O–H groups in total. The zero-order valence-corrected chi connectivity index (χ0v) is 14.2. The summed E-state index contributed by atoms with van der Waals surface area (Å²) >= 11 is 0. The molecule has 1 aliphatic carbocycles. The van der Waals surface area contributed by atoms with Crippen molar-refractivity contribution in [2.75, 3.05) is 26.2 Å². The molecule has 1 fully saturated rings. The zero-order valence-electron chi connectivity index (χ0n) is 14.2. The number of hydrogen-bond donors (Lipinski definition) is 2. The smallest absolute Gasteiger partial charge is 0.239 e. The Morgan fingerprint density at radius 3 is 2.50 bits per heavy atom. The molecule has 24 heavy (non-hydrogen) atoms. The summed E-state index contributed by atoms with van der Waals surface area (Å²) in [7, 11) is 0. The lowest BCUT2D eigenvalue weighted by Crippen LogP contribution is -2.45. The van der Waals surface area contributed by atoms with Crippen LogP contribution in [0.2, 0.25) is 0 Å². The largest absolute Gasteiger partial charge is 0.395 e. The molecule has 0 aliphatic heterocycles. The van der Waals surface area contributed by atoms with E-state index in [9.17, 15) is 14.7 Å². The first-order valence-corrected chi connectivity index (χ1v) is 8.91. The summed E-state index contributed by atoms with van der Waals surface area (Å²) in [6, 6.07) is 9.96. The number of aliphatic hydroxyl groups is 1. The highest BCUT2D eigenvalue weighted by Crippen LogP contribution is 2.25. The minimum Gasteiger partial charge on any atom is -0.395 e. The Labute approximate surface area is 144 Å². The molecule has 1 aliphatic rings. The Kier molecular flexibility index (Phi) is 7.75. The molecule has 1 aromatic carbocycles. The minimum atomic E-state index is -0.163. The fourth-order valence-corrected chi connectivity index (χ4v) is 3.22. The summed E-state index contributed by atoms with van der Waals surface area (Å²) in [5.41, 5.74) is 1.17. The molecule has 5 heteroatoms. The summed E-state index contributed by atoms with van der Waals surface area (Å²) in [4.78, 5) is 26.2. The molecule has 2 amide bonds. The van der Waals surface area contributed by atoms with Crippen molar-refractivity contribution in [3.05, 3.63) is 35.9 Å². The quantitative estimate of drug-likeness (QED) is 0.762. The predicted molar refractivity (Wildman–Crippen MR) is 93.4 cm³/mol. The van der Waals surface area contributed by atoms with Crippen molar-refractivity contribution < 1.29 is 14.7 Å². The van der Waals surface area contributed by atoms with E-state index in [1.165, 1.54) is 16.9 Å². The van der Waals surface area contributed by atoms with Gasteiger partial charge in [0.05, 0.1) is 13.2 Å². The molecule has 0 radical (unpaired) electrons. The molecule has 0 bridgehead atoms. The van der Waals surface area contributed by atoms with E-state index in [0.29, 0.717) is 6.54 Å². The number of benzene rings is 1. The van der Waals surface area contributed by atoms with Crippen molar-refractivity contribution in [2.45, 2.75) is 38.5 Å². The van der Waals surface area contributed by atoms with Crippen molar-refractivity contribution in [2.24, 2.45) is 5.92 Å². The molecule has 5 nitrogen and oxygen atoms in total. The number of carbonyl (C=O) groups excluding carboxylic acids is 2. The van der Waals surface area contributed by atoms with Gasteiger partial charge in [-0.05, 0) is 24.8 Å². The van der Waals surface area contributed by atoms with Gasteiger partial charge in [0.1, 0.15) is 0 Å². The van der Waals surface area contributed by atoms with Crippen LogP contribution < -0.4 is 5.32 Å². The third kappa shape index (κ3) is 5.96. The van der Waals surface area contributed by atoms with Crippen LogP contribution in [0.15, 0.2) is 30.3 Å². The van der Waals surface area contributed by atoms with Gasteiger partial charge in [0.15, 0.2) is 0 Å². The molecule has 132 valence electrons. The first-order chi connectivity index (χ1) is 11.7. The molecule has 2 rings (SSSR count). The second kappa shape index (κ2) is 10.1. The molecule has 1 saturated carbocycles. The highest BCUT2D eigenvalue weighted by Gasteiger charge is 2.26. The molecule has 0 saturated heterocycles. The monoisotopic (exact) mass is 332 g/mol. The third-order valence-corrected chi connectivity index (χ3v) is 4.55. The Morgan fingerprint density at radius 2 is 1.83 bits per heavy atom. The van der Waals surface area contributed by atoms with Crippen LogP contribution in [0.5, 0.6) is 0 Å². The standard InChI is InChI=1S/C19H28N2O3/c22-14-13-21(19(24)17-9-5-2-6-10-17)15-18(23)20-12-11-16-7-3-1-4-8-16/h1,3-4,7-8,17,22H,2,5-6,9-15H2,(H,20,23). The fraction of sp³-hybridized carbons (Fsp3) is 0.579. The van der Waals surface area contributed by atoms with Gasteiger partial charge in [-0.3, -0.25) is 9.59 Å². The number of aliphatic hydroxyl groups excluding tert-OH is 1. The number of nitrogens with one attached hydrogen (secondary N) is 1. The van der Waals surface area contributed by atoms with Crippen molar-refractivity contribution in [3.8, 4) is 0 Å². The topological polar surface area (TPSA) is 69.6 Å². The van der Waals surface area contributed by atoms with Gasteiger partial charge in [-0.25, -0.2) is 0 Å². The Balaban J connectivity index is 1.78. The lowest BCUT2D eigenvalue weighted by molar-refractivity contribution is -0.140. The maximum atomic E-state index is 12.6. The summed E-state index contributed by atoms with van der Waals surface area (Å²) in [6.45, 7) is 0.690. The normalized spacial score (nSPS) is 15.0. The minimum absolute atomic E-state index is 0.0157. The maximum absolute atomic E-state index is 12.6. The van der Waals surface area contributed by atoms with Crippen molar-refractivity contribution in [3.63, 3.8) is 0 Å². The Bertz CT molecular complexity index is 513. The lowest BCUT2D eigenvalue weighted by Gasteiger charge is -2.28. The predicted octanol–water partition coefficient (Wildman–Crippen LogP) is 1.75. The summed E-state index contributed by atoms with van der Waals surface area (Å²) in [6.07, 6.45) is 5.90. The van der Waals surface area contributed by atoms with Gasteiger partial charge in [0, 0.05) is 19.0 Å². The first kappa shape index (κ1) is 18.5. The van der Waals surface area contributed by atoms with E-state index in [0.717, 1.165) is 32.1 Å². The van der Waals surface area contributed by atoms with Gasteiger partial charge < -0.3 is 15.3 Å². The highest BCUT2D eigenvalue weighted by molar-refractivity contribution is 5.86. The average Bonchev–Trinajstić information content (AvgIpc) is 2.62. The molecule has 0 unspecified atom stereocenters. The van der Waals surface area contributed by atoms with Gasteiger partial charge in [0.2, 0.25) is 11.8 Å². The van der Waals surface area contributed by atoms with Gasteiger partial charge in [0.25, 0.3) is 0 Å². The SMILES string of the molecule is O=C(CN(CCO)C(=O)C1CCCCC1)NCCc1ccccc1. The van der Waals surface area contributed by atoms with E-state index in [-0.39, 0.29) is 37.4 Å². The molecule has 0 aromatic heterocycles. The lowest BCUT2D eigenvalue weighted by atomic mass is 9.88. The van der Waals surface area contributed by atoms with Crippen LogP contribution >= 0.6 is 0 Å². The zero-order chi connectivity index (χ0) is 17.2. The van der Waals surface area contributed by atoms with E-state index in [1.807, 2.05) is 30.3 Å². The number of carbonyl (C=O) groups is 2. The summed E-state index contributed by atoms with van der Waals surface area (Å²) in [5, 5.41) is 12.1. The number of hydrogen-bond acceptors (Lipinski definition) is 3. The second-order valence-electron chi connectivity index (χ2n) is 6.40.